The second-order valence-corrected chi connectivity index (χ2v) is 6.99. The second-order valence-electron chi connectivity index (χ2n) is 4.06. The molecule has 1 amide bonds. The number of nitrogens with one attached hydrogen (secondary N) is 1. The van der Waals surface area contributed by atoms with Gasteiger partial charge < -0.3 is 5.32 Å². The number of carbonyl (C=O) groups is 1. The van der Waals surface area contributed by atoms with E-state index in [4.69, 9.17) is 0 Å². The molecule has 0 atom stereocenters. The van der Waals surface area contributed by atoms with E-state index >= 15 is 0 Å². The maximum absolute atomic E-state index is 12.3. The van der Waals surface area contributed by atoms with E-state index in [1.807, 2.05) is 43.3 Å². The van der Waals surface area contributed by atoms with Crippen LogP contribution in [0.4, 0.5) is 5.69 Å². The number of hydrogen-bond acceptors (Lipinski definition) is 1. The first-order valence-corrected chi connectivity index (χ1v) is 8.16. The molecule has 98 valence electrons. The van der Waals surface area contributed by atoms with Crippen LogP contribution in [0.5, 0.6) is 0 Å². The van der Waals surface area contributed by atoms with Crippen molar-refractivity contribution in [3.05, 3.63) is 60.0 Å². The molecule has 0 saturated carbocycles. The fraction of sp³-hybridized carbons (Fsp3) is 0.0714. The molecule has 0 spiro atoms. The molecular weight excluding hydrogens is 485 g/mol. The molecule has 0 saturated heterocycles. The maximum Gasteiger partial charge on any atom is 0.256 e. The van der Waals surface area contributed by atoms with Gasteiger partial charge in [-0.15, -0.1) is 0 Å². The first-order chi connectivity index (χ1) is 8.97. The molecule has 19 heavy (non-hydrogen) atoms. The fourth-order valence-corrected chi connectivity index (χ4v) is 2.88. The van der Waals surface area contributed by atoms with E-state index in [-0.39, 0.29) is 5.91 Å². The van der Waals surface area contributed by atoms with Crippen molar-refractivity contribution >= 4 is 66.0 Å². The van der Waals surface area contributed by atoms with Gasteiger partial charge in [0.2, 0.25) is 0 Å². The highest BCUT2D eigenvalue weighted by atomic mass is 127. The van der Waals surface area contributed by atoms with Gasteiger partial charge in [0.15, 0.2) is 0 Å². The quantitative estimate of drug-likeness (QED) is 0.558. The summed E-state index contributed by atoms with van der Waals surface area (Å²) in [6.07, 6.45) is 0. The van der Waals surface area contributed by atoms with Crippen LogP contribution in [-0.2, 0) is 0 Å². The minimum atomic E-state index is -0.114. The third-order valence-electron chi connectivity index (χ3n) is 2.54. The lowest BCUT2D eigenvalue weighted by atomic mass is 10.2. The predicted molar refractivity (Wildman–Crippen MR) is 93.7 cm³/mol. The molecule has 0 aliphatic carbocycles. The van der Waals surface area contributed by atoms with Crippen LogP contribution in [-0.4, -0.2) is 5.91 Å². The van der Waals surface area contributed by atoms with E-state index in [0.29, 0.717) is 5.56 Å². The van der Waals surface area contributed by atoms with Gasteiger partial charge in [-0.1, -0.05) is 22.0 Å². The molecule has 0 fully saturated rings. The zero-order chi connectivity index (χ0) is 14.0. The van der Waals surface area contributed by atoms with E-state index in [2.05, 4.69) is 59.8 Å². The van der Waals surface area contributed by atoms with Gasteiger partial charge >= 0.3 is 0 Å². The molecule has 0 aromatic heterocycles. The molecule has 0 heterocycles. The molecule has 2 nitrogen and oxygen atoms in total. The smallest absolute Gasteiger partial charge is 0.256 e. The zero-order valence-corrected chi connectivity index (χ0v) is 15.3. The Kier molecular flexibility index (Phi) is 5.03. The summed E-state index contributed by atoms with van der Waals surface area (Å²) in [7, 11) is 0. The summed E-state index contributed by atoms with van der Waals surface area (Å²) in [4.78, 5) is 12.3. The molecule has 0 aliphatic rings. The van der Waals surface area contributed by atoms with Crippen LogP contribution in [0.15, 0.2) is 45.3 Å². The Balaban J connectivity index is 2.30. The number of hydrogen-bond donors (Lipinski definition) is 1. The average Bonchev–Trinajstić information content (AvgIpc) is 2.36. The third kappa shape index (κ3) is 3.79. The number of anilines is 1. The normalized spacial score (nSPS) is 10.3. The minimum Gasteiger partial charge on any atom is -0.321 e. The fourth-order valence-electron chi connectivity index (χ4n) is 1.60. The van der Waals surface area contributed by atoms with Gasteiger partial charge in [-0.3, -0.25) is 4.79 Å². The van der Waals surface area contributed by atoms with Gasteiger partial charge in [0, 0.05) is 12.5 Å². The number of aryl methyl sites for hydroxylation is 1. The van der Waals surface area contributed by atoms with Gasteiger partial charge in [-0.2, -0.15) is 0 Å². The predicted octanol–water partition coefficient (Wildman–Crippen LogP) is 5.38. The van der Waals surface area contributed by atoms with Crippen molar-refractivity contribution in [2.75, 3.05) is 5.32 Å². The summed E-state index contributed by atoms with van der Waals surface area (Å²) >= 11 is 8.98. The summed E-state index contributed by atoms with van der Waals surface area (Å²) in [5.41, 5.74) is 2.53. The van der Waals surface area contributed by atoms with Crippen molar-refractivity contribution < 1.29 is 4.79 Å². The molecule has 0 aliphatic heterocycles. The molecule has 1 N–H and O–H groups in total. The SMILES string of the molecule is Cc1ccc(Br)c(NC(=O)c2cc(Br)ccc2I)c1. The van der Waals surface area contributed by atoms with E-state index < -0.39 is 0 Å². The molecule has 0 radical (unpaired) electrons. The largest absolute Gasteiger partial charge is 0.321 e. The van der Waals surface area contributed by atoms with Crippen molar-refractivity contribution in [1.82, 2.24) is 0 Å². The van der Waals surface area contributed by atoms with Crippen LogP contribution in [0.2, 0.25) is 0 Å². The Morgan fingerprint density at radius 3 is 2.63 bits per heavy atom. The summed E-state index contributed by atoms with van der Waals surface area (Å²) in [6.45, 7) is 1.99. The molecule has 2 aromatic rings. The highest BCUT2D eigenvalue weighted by Crippen LogP contribution is 2.25. The van der Waals surface area contributed by atoms with Crippen LogP contribution >= 0.6 is 54.5 Å². The lowest BCUT2D eigenvalue weighted by Gasteiger charge is -2.10. The second kappa shape index (κ2) is 6.37. The van der Waals surface area contributed by atoms with Gasteiger partial charge in [-0.25, -0.2) is 0 Å². The van der Waals surface area contributed by atoms with Crippen molar-refractivity contribution in [3.63, 3.8) is 0 Å². The zero-order valence-electron chi connectivity index (χ0n) is 10.0. The molecule has 0 unspecified atom stereocenters. The van der Waals surface area contributed by atoms with Gasteiger partial charge in [0.05, 0.1) is 11.3 Å². The average molecular weight is 495 g/mol. The lowest BCUT2D eigenvalue weighted by Crippen LogP contribution is -2.14. The topological polar surface area (TPSA) is 29.1 Å². The Morgan fingerprint density at radius 1 is 1.16 bits per heavy atom. The Hall–Kier alpha value is -0.400. The monoisotopic (exact) mass is 493 g/mol. The third-order valence-corrected chi connectivity index (χ3v) is 4.67. The van der Waals surface area contributed by atoms with Crippen LogP contribution in [0.1, 0.15) is 15.9 Å². The highest BCUT2D eigenvalue weighted by Gasteiger charge is 2.12. The Morgan fingerprint density at radius 2 is 1.89 bits per heavy atom. The first kappa shape index (κ1) is 15.0. The van der Waals surface area contributed by atoms with E-state index in [9.17, 15) is 4.79 Å². The molecule has 2 rings (SSSR count). The van der Waals surface area contributed by atoms with E-state index in [0.717, 1.165) is 23.8 Å². The summed E-state index contributed by atoms with van der Waals surface area (Å²) in [5.74, 6) is -0.114. The number of carbonyl (C=O) groups excluding carboxylic acids is 1. The van der Waals surface area contributed by atoms with Crippen molar-refractivity contribution in [2.24, 2.45) is 0 Å². The summed E-state index contributed by atoms with van der Waals surface area (Å²) in [5, 5.41) is 2.92. The van der Waals surface area contributed by atoms with Crippen LogP contribution in [0.3, 0.4) is 0 Å². The number of benzene rings is 2. The van der Waals surface area contributed by atoms with Gasteiger partial charge in [-0.05, 0) is 81.3 Å². The number of amides is 1. The summed E-state index contributed by atoms with van der Waals surface area (Å²) in [6, 6.07) is 11.5. The standard InChI is InChI=1S/C14H10Br2INO/c1-8-2-4-11(16)13(6-8)18-14(19)10-7-9(15)3-5-12(10)17/h2-7H,1H3,(H,18,19). The lowest BCUT2D eigenvalue weighted by molar-refractivity contribution is 0.102. The molecule has 2 aromatic carbocycles. The maximum atomic E-state index is 12.3. The van der Waals surface area contributed by atoms with Crippen molar-refractivity contribution in [2.45, 2.75) is 6.92 Å². The van der Waals surface area contributed by atoms with E-state index in [1.54, 1.807) is 0 Å². The number of halogens is 3. The van der Waals surface area contributed by atoms with Gasteiger partial charge in [0.1, 0.15) is 0 Å². The minimum absolute atomic E-state index is 0.114. The van der Waals surface area contributed by atoms with Crippen molar-refractivity contribution in [3.8, 4) is 0 Å². The van der Waals surface area contributed by atoms with Crippen LogP contribution in [0, 0.1) is 10.5 Å². The summed E-state index contributed by atoms with van der Waals surface area (Å²) < 4.78 is 2.68. The molecule has 0 bridgehead atoms. The molecular formula is C14H10Br2INO. The molecule has 5 heteroatoms. The highest BCUT2D eigenvalue weighted by molar-refractivity contribution is 14.1. The Bertz CT molecular complexity index is 643. The van der Waals surface area contributed by atoms with Gasteiger partial charge in [0.25, 0.3) is 5.91 Å². The van der Waals surface area contributed by atoms with Crippen LogP contribution < -0.4 is 5.32 Å². The Labute approximate surface area is 142 Å². The number of rotatable bonds is 2. The van der Waals surface area contributed by atoms with E-state index in [1.165, 1.54) is 0 Å². The first-order valence-electron chi connectivity index (χ1n) is 5.50. The van der Waals surface area contributed by atoms with Crippen molar-refractivity contribution in [1.29, 1.82) is 0 Å². The van der Waals surface area contributed by atoms with Crippen LogP contribution in [0.25, 0.3) is 0 Å².